The number of nitrogen functional groups attached to an aromatic ring is 2. The summed E-state index contributed by atoms with van der Waals surface area (Å²) in [6.07, 6.45) is 0.230. The van der Waals surface area contributed by atoms with Crippen LogP contribution in [0, 0.1) is 0 Å². The largest absolute Gasteiger partial charge is 0.410 e. The lowest BCUT2D eigenvalue weighted by atomic mass is 9.65. The normalized spacial score (nSPS) is 24.1. The van der Waals surface area contributed by atoms with Crippen LogP contribution in [-0.4, -0.2) is 47.0 Å². The molecule has 6 N–H and O–H groups in total. The van der Waals surface area contributed by atoms with E-state index in [0.717, 1.165) is 0 Å². The van der Waals surface area contributed by atoms with Gasteiger partial charge in [-0.3, -0.25) is 9.11 Å². The fourth-order valence-corrected chi connectivity index (χ4v) is 16.8. The van der Waals surface area contributed by atoms with Crippen molar-refractivity contribution in [2.45, 2.75) is 93.3 Å². The molecule has 2 aromatic carbocycles. The summed E-state index contributed by atoms with van der Waals surface area (Å²) >= 11 is 0. The Morgan fingerprint density at radius 3 is 1.40 bits per heavy atom. The van der Waals surface area contributed by atoms with Crippen LogP contribution >= 0.6 is 0 Å². The molecule has 0 aliphatic carbocycles. The predicted molar refractivity (Wildman–Crippen MR) is 166 cm³/mol. The van der Waals surface area contributed by atoms with Crippen LogP contribution in [0.3, 0.4) is 0 Å². The van der Waals surface area contributed by atoms with Crippen LogP contribution in [0.1, 0.15) is 57.1 Å². The molecule has 0 radical (unpaired) electrons. The van der Waals surface area contributed by atoms with Crippen molar-refractivity contribution < 1.29 is 30.4 Å². The van der Waals surface area contributed by atoms with E-state index in [1.807, 2.05) is 13.1 Å². The molecule has 40 heavy (non-hydrogen) atoms. The lowest BCUT2D eigenvalue weighted by Crippen LogP contribution is -2.78. The molecule has 3 rings (SSSR count). The van der Waals surface area contributed by atoms with Gasteiger partial charge >= 0.3 is 0 Å². The quantitative estimate of drug-likeness (QED) is 0.151. The lowest BCUT2D eigenvalue weighted by molar-refractivity contribution is -0.0483. The summed E-state index contributed by atoms with van der Waals surface area (Å²) < 4.78 is 81.6. The van der Waals surface area contributed by atoms with Gasteiger partial charge in [-0.15, -0.1) is 0 Å². The van der Waals surface area contributed by atoms with Crippen LogP contribution in [0.2, 0.25) is 32.2 Å². The van der Waals surface area contributed by atoms with Gasteiger partial charge < -0.3 is 15.9 Å². The summed E-state index contributed by atoms with van der Waals surface area (Å²) in [5, 5.41) is 0. The third kappa shape index (κ3) is 4.86. The molecular weight excluding hydrogens is 585 g/mol. The van der Waals surface area contributed by atoms with Crippen molar-refractivity contribution in [1.82, 2.24) is 0 Å². The Morgan fingerprint density at radius 1 is 0.775 bits per heavy atom. The minimum Gasteiger partial charge on any atom is -0.410 e. The van der Waals surface area contributed by atoms with Crippen LogP contribution in [0.25, 0.3) is 0 Å². The zero-order valence-corrected chi connectivity index (χ0v) is 27.9. The second kappa shape index (κ2) is 10.8. The predicted octanol–water partition coefficient (Wildman–Crippen LogP) is 5.47. The van der Waals surface area contributed by atoms with E-state index in [9.17, 15) is 25.9 Å². The minimum absolute atomic E-state index is 0.00299. The molecule has 1 aliphatic rings. The molecule has 13 heteroatoms. The van der Waals surface area contributed by atoms with Crippen molar-refractivity contribution in [1.29, 1.82) is 0 Å². The number of hydrogen-bond donors (Lipinski definition) is 4. The zero-order chi connectivity index (χ0) is 30.4. The Hall–Kier alpha value is -1.75. The molecule has 2 unspecified atom stereocenters. The first-order valence-corrected chi connectivity index (χ1v) is 23.6. The van der Waals surface area contributed by atoms with Crippen molar-refractivity contribution in [3.05, 3.63) is 59.7 Å². The zero-order valence-electron chi connectivity index (χ0n) is 24.3. The van der Waals surface area contributed by atoms with Gasteiger partial charge in [-0.25, -0.2) is 0 Å². The number of anilines is 2. The summed E-state index contributed by atoms with van der Waals surface area (Å²) in [4.78, 5) is 0. The second-order valence-corrected chi connectivity index (χ2v) is 30.6. The molecule has 9 nitrogen and oxygen atoms in total. The fourth-order valence-electron chi connectivity index (χ4n) is 6.65. The van der Waals surface area contributed by atoms with E-state index < -0.39 is 50.8 Å². The van der Waals surface area contributed by atoms with E-state index in [1.165, 1.54) is 48.5 Å². The highest BCUT2D eigenvalue weighted by atomic mass is 32.2. The highest BCUT2D eigenvalue weighted by Gasteiger charge is 2.77. The van der Waals surface area contributed by atoms with E-state index in [2.05, 4.69) is 13.1 Å². The van der Waals surface area contributed by atoms with Crippen LogP contribution in [0.5, 0.6) is 0 Å². The van der Waals surface area contributed by atoms with Gasteiger partial charge in [0.25, 0.3) is 20.2 Å². The lowest BCUT2D eigenvalue weighted by Gasteiger charge is -2.64. The van der Waals surface area contributed by atoms with E-state index in [1.54, 1.807) is 13.8 Å². The highest BCUT2D eigenvalue weighted by molar-refractivity contribution is 7.88. The molecule has 1 saturated heterocycles. The molecule has 0 aromatic heterocycles. The molecule has 1 aliphatic heterocycles. The maximum Gasteiger partial charge on any atom is 0.277 e. The monoisotopic (exact) mass is 628 g/mol. The summed E-state index contributed by atoms with van der Waals surface area (Å²) in [7, 11) is -15.2. The van der Waals surface area contributed by atoms with E-state index >= 15 is 0 Å². The van der Waals surface area contributed by atoms with Crippen molar-refractivity contribution in [2.75, 3.05) is 11.5 Å². The topological polar surface area (TPSA) is 170 Å². The first kappa shape index (κ1) is 32.8. The molecule has 224 valence electrons. The Kier molecular flexibility index (Phi) is 8.87. The molecule has 0 spiro atoms. The fraction of sp³-hybridized carbons (Fsp3) is 0.556. The Morgan fingerprint density at radius 2 is 1.12 bits per heavy atom. The molecule has 2 aromatic rings. The molecule has 0 bridgehead atoms. The number of hydrogen-bond acceptors (Lipinski definition) is 7. The first-order chi connectivity index (χ1) is 18.3. The van der Waals surface area contributed by atoms with Gasteiger partial charge in [-0.2, -0.15) is 16.8 Å². The van der Waals surface area contributed by atoms with Crippen LogP contribution in [0.4, 0.5) is 11.4 Å². The minimum atomic E-state index is -5.11. The summed E-state index contributed by atoms with van der Waals surface area (Å²) in [6, 6.07) is 12.7. The maximum absolute atomic E-state index is 14.0. The standard InChI is InChI=1S/C27H44N2O7S2Si2/c1-7-17-25(37(30,31)32,21-9-13-23(28)14-10-21)27(19-20-39(3,4)40(5,6)36-27)26(18-8-2,38(33,34)35)22-11-15-24(29)16-12-22/h9-16H,7-8,17-20,28-29H2,1-6H3,(H,30,31,32)(H,33,34,35). The molecule has 1 heterocycles. The smallest absolute Gasteiger partial charge is 0.277 e. The van der Waals surface area contributed by atoms with Gasteiger partial charge in [0, 0.05) is 11.4 Å². The third-order valence-electron chi connectivity index (χ3n) is 9.30. The summed E-state index contributed by atoms with van der Waals surface area (Å²) in [6.45, 7) is 11.8. The molecule has 0 saturated carbocycles. The van der Waals surface area contributed by atoms with E-state index in [4.69, 9.17) is 15.9 Å². The summed E-state index contributed by atoms with van der Waals surface area (Å²) in [5.41, 5.74) is 10.9. The SMILES string of the molecule is CCCC(c1ccc(N)cc1)(C1(C(CCC)(c2ccc(N)cc2)S(=O)(=O)O)CC[Si](C)(C)[Si](C)(C)O1)S(=O)(=O)O. The summed E-state index contributed by atoms with van der Waals surface area (Å²) in [5.74, 6) is 0. The first-order valence-electron chi connectivity index (χ1n) is 13.6. The van der Waals surface area contributed by atoms with Crippen molar-refractivity contribution >= 4 is 47.0 Å². The average Bonchev–Trinajstić information content (AvgIpc) is 2.83. The molecule has 1 fully saturated rings. The van der Waals surface area contributed by atoms with Gasteiger partial charge in [0.1, 0.15) is 5.60 Å². The second-order valence-electron chi connectivity index (χ2n) is 12.2. The van der Waals surface area contributed by atoms with Crippen LogP contribution in [0.15, 0.2) is 48.5 Å². The number of benzene rings is 2. The Bertz CT molecular complexity index is 1340. The average molecular weight is 629 g/mol. The third-order valence-corrected chi connectivity index (χ3v) is 29.1. The Balaban J connectivity index is 2.73. The Labute approximate surface area is 241 Å². The van der Waals surface area contributed by atoms with Gasteiger partial charge in [-0.1, -0.05) is 70.1 Å². The molecule has 0 amide bonds. The van der Waals surface area contributed by atoms with Crippen LogP contribution in [-0.2, 0) is 34.2 Å². The molecular formula is C27H44N2O7S2Si2. The van der Waals surface area contributed by atoms with E-state index in [-0.39, 0.29) is 43.2 Å². The van der Waals surface area contributed by atoms with Crippen molar-refractivity contribution in [3.63, 3.8) is 0 Å². The van der Waals surface area contributed by atoms with Crippen molar-refractivity contribution in [3.8, 4) is 0 Å². The van der Waals surface area contributed by atoms with Crippen LogP contribution < -0.4 is 11.5 Å². The number of rotatable bonds is 10. The molecule has 2 atom stereocenters. The van der Waals surface area contributed by atoms with Crippen molar-refractivity contribution in [2.24, 2.45) is 0 Å². The number of nitrogens with two attached hydrogens (primary N) is 2. The van der Waals surface area contributed by atoms with E-state index in [0.29, 0.717) is 17.4 Å². The maximum atomic E-state index is 14.0. The van der Waals surface area contributed by atoms with Gasteiger partial charge in [0.05, 0.1) is 7.59 Å². The van der Waals surface area contributed by atoms with Gasteiger partial charge in [-0.05, 0) is 67.7 Å². The van der Waals surface area contributed by atoms with Gasteiger partial charge in [0.2, 0.25) is 0 Å². The van der Waals surface area contributed by atoms with Gasteiger partial charge in [0.15, 0.2) is 17.3 Å². The highest BCUT2D eigenvalue weighted by Crippen LogP contribution is 2.64.